The van der Waals surface area contributed by atoms with Crippen LogP contribution in [0, 0.1) is 5.82 Å². The van der Waals surface area contributed by atoms with E-state index < -0.39 is 36.8 Å². The van der Waals surface area contributed by atoms with Crippen molar-refractivity contribution in [3.63, 3.8) is 0 Å². The van der Waals surface area contributed by atoms with Gasteiger partial charge in [0.05, 0.1) is 18.7 Å². The van der Waals surface area contributed by atoms with Gasteiger partial charge in [-0.2, -0.15) is 0 Å². The van der Waals surface area contributed by atoms with E-state index in [9.17, 15) is 18.0 Å². The van der Waals surface area contributed by atoms with Crippen LogP contribution in [-0.2, 0) is 0 Å². The molecule has 18 heavy (non-hydrogen) atoms. The maximum atomic E-state index is 13.7. The van der Waals surface area contributed by atoms with Gasteiger partial charge in [-0.1, -0.05) is 6.07 Å². The third-order valence-corrected chi connectivity index (χ3v) is 3.11. The Balaban J connectivity index is 2.16. The molecule has 2 rings (SSSR count). The molecule has 1 unspecified atom stereocenters. The number of rotatable bonds is 3. The first-order valence-electron chi connectivity index (χ1n) is 5.45. The predicted octanol–water partition coefficient (Wildman–Crippen LogP) is 2.54. The number of nitrogens with zero attached hydrogens (tertiary/aromatic N) is 1. The Bertz CT molecular complexity index is 482. The van der Waals surface area contributed by atoms with Crippen molar-refractivity contribution in [2.75, 3.05) is 13.1 Å². The Kier molecular flexibility index (Phi) is 3.06. The maximum absolute atomic E-state index is 13.7. The second-order valence-corrected chi connectivity index (χ2v) is 4.48. The highest BCUT2D eigenvalue weighted by Gasteiger charge is 2.46. The average Bonchev–Trinajstić information content (AvgIpc) is 2.24. The number of halogens is 3. The van der Waals surface area contributed by atoms with Crippen LogP contribution in [0.25, 0.3) is 0 Å². The largest absolute Gasteiger partial charge is 0.478 e. The first-order chi connectivity index (χ1) is 8.30. The van der Waals surface area contributed by atoms with Crippen LogP contribution in [-0.4, -0.2) is 35.0 Å². The summed E-state index contributed by atoms with van der Waals surface area (Å²) in [5, 5.41) is 8.70. The molecule has 0 spiro atoms. The van der Waals surface area contributed by atoms with Gasteiger partial charge in [0.2, 0.25) is 0 Å². The van der Waals surface area contributed by atoms with E-state index in [0.717, 1.165) is 6.07 Å². The lowest BCUT2D eigenvalue weighted by atomic mass is 9.99. The van der Waals surface area contributed by atoms with Crippen molar-refractivity contribution < 1.29 is 23.1 Å². The number of benzene rings is 1. The summed E-state index contributed by atoms with van der Waals surface area (Å²) in [5.74, 6) is -4.60. The maximum Gasteiger partial charge on any atom is 0.335 e. The smallest absolute Gasteiger partial charge is 0.335 e. The molecule has 1 atom stereocenters. The van der Waals surface area contributed by atoms with Gasteiger partial charge < -0.3 is 5.11 Å². The minimum atomic E-state index is -2.70. The van der Waals surface area contributed by atoms with Gasteiger partial charge in [0, 0.05) is 11.6 Å². The molecule has 3 nitrogen and oxygen atoms in total. The Morgan fingerprint density at radius 2 is 2.06 bits per heavy atom. The van der Waals surface area contributed by atoms with Gasteiger partial charge in [-0.15, -0.1) is 0 Å². The predicted molar refractivity (Wildman–Crippen MR) is 58.3 cm³/mol. The Labute approximate surface area is 102 Å². The zero-order chi connectivity index (χ0) is 13.5. The summed E-state index contributed by atoms with van der Waals surface area (Å²) < 4.78 is 39.1. The molecule has 1 fully saturated rings. The number of carboxylic acid groups (broad SMARTS) is 1. The van der Waals surface area contributed by atoms with Gasteiger partial charge in [0.15, 0.2) is 0 Å². The summed E-state index contributed by atoms with van der Waals surface area (Å²) in [6, 6.07) is 3.02. The fourth-order valence-electron chi connectivity index (χ4n) is 2.02. The van der Waals surface area contributed by atoms with E-state index in [1.807, 2.05) is 0 Å². The van der Waals surface area contributed by atoms with Crippen LogP contribution in [0.3, 0.4) is 0 Å². The van der Waals surface area contributed by atoms with E-state index in [1.165, 1.54) is 17.0 Å². The fraction of sp³-hybridized carbons (Fsp3) is 0.417. The molecule has 1 aromatic carbocycles. The third-order valence-electron chi connectivity index (χ3n) is 3.11. The summed E-state index contributed by atoms with van der Waals surface area (Å²) in [6.07, 6.45) is 0. The second-order valence-electron chi connectivity index (χ2n) is 4.48. The van der Waals surface area contributed by atoms with E-state index in [1.54, 1.807) is 6.92 Å². The van der Waals surface area contributed by atoms with Gasteiger partial charge in [-0.25, -0.2) is 18.0 Å². The van der Waals surface area contributed by atoms with Crippen LogP contribution in [0.4, 0.5) is 13.2 Å². The molecule has 0 saturated carbocycles. The minimum Gasteiger partial charge on any atom is -0.478 e. The van der Waals surface area contributed by atoms with Crippen molar-refractivity contribution in [3.05, 3.63) is 35.1 Å². The molecule has 1 aromatic rings. The first-order valence-corrected chi connectivity index (χ1v) is 5.45. The fourth-order valence-corrected chi connectivity index (χ4v) is 2.02. The summed E-state index contributed by atoms with van der Waals surface area (Å²) in [7, 11) is 0. The molecule has 1 N–H and O–H groups in total. The van der Waals surface area contributed by atoms with E-state index in [0.29, 0.717) is 0 Å². The van der Waals surface area contributed by atoms with Crippen LogP contribution in [0.1, 0.15) is 28.9 Å². The molecule has 98 valence electrons. The molecule has 0 aliphatic carbocycles. The number of carbonyl (C=O) groups is 1. The van der Waals surface area contributed by atoms with Gasteiger partial charge in [0.1, 0.15) is 5.82 Å². The first kappa shape index (κ1) is 12.9. The summed E-state index contributed by atoms with van der Waals surface area (Å²) in [4.78, 5) is 12.1. The molecule has 1 saturated heterocycles. The normalized spacial score (nSPS) is 20.2. The lowest BCUT2D eigenvalue weighted by Gasteiger charge is -2.42. The monoisotopic (exact) mass is 259 g/mol. The molecule has 0 bridgehead atoms. The molecule has 1 aliphatic rings. The lowest BCUT2D eigenvalue weighted by Crippen LogP contribution is -2.56. The van der Waals surface area contributed by atoms with Crippen LogP contribution >= 0.6 is 0 Å². The molecular formula is C12H12F3NO2. The van der Waals surface area contributed by atoms with E-state index in [4.69, 9.17) is 5.11 Å². The number of likely N-dealkylation sites (tertiary alicyclic amines) is 1. The minimum absolute atomic E-state index is 0.155. The SMILES string of the molecule is CC(c1ccc(C(=O)O)cc1F)N1CC(F)(F)C1. The van der Waals surface area contributed by atoms with Crippen molar-refractivity contribution in [3.8, 4) is 0 Å². The molecule has 0 aromatic heterocycles. The number of carboxylic acids is 1. The molecule has 1 heterocycles. The van der Waals surface area contributed by atoms with Crippen molar-refractivity contribution in [1.29, 1.82) is 0 Å². The molecule has 0 amide bonds. The van der Waals surface area contributed by atoms with Crippen molar-refractivity contribution in [2.24, 2.45) is 0 Å². The lowest BCUT2D eigenvalue weighted by molar-refractivity contribution is -0.144. The van der Waals surface area contributed by atoms with Crippen LogP contribution < -0.4 is 0 Å². The van der Waals surface area contributed by atoms with Crippen molar-refractivity contribution >= 4 is 5.97 Å². The molecule has 1 aliphatic heterocycles. The number of hydrogen-bond donors (Lipinski definition) is 1. The molecule has 0 radical (unpaired) electrons. The van der Waals surface area contributed by atoms with Gasteiger partial charge >= 0.3 is 5.97 Å². The van der Waals surface area contributed by atoms with Gasteiger partial charge in [-0.3, -0.25) is 4.90 Å². The van der Waals surface area contributed by atoms with Crippen LogP contribution in [0.15, 0.2) is 18.2 Å². The topological polar surface area (TPSA) is 40.5 Å². The van der Waals surface area contributed by atoms with E-state index >= 15 is 0 Å². The van der Waals surface area contributed by atoms with Crippen LogP contribution in [0.2, 0.25) is 0 Å². The zero-order valence-corrected chi connectivity index (χ0v) is 9.66. The Morgan fingerprint density at radius 3 is 2.50 bits per heavy atom. The van der Waals surface area contributed by atoms with Gasteiger partial charge in [-0.05, 0) is 19.1 Å². The zero-order valence-electron chi connectivity index (χ0n) is 9.66. The number of alkyl halides is 2. The highest BCUT2D eigenvalue weighted by molar-refractivity contribution is 5.87. The third kappa shape index (κ3) is 2.33. The molecule has 6 heteroatoms. The molecular weight excluding hydrogens is 247 g/mol. The van der Waals surface area contributed by atoms with Crippen LogP contribution in [0.5, 0.6) is 0 Å². The van der Waals surface area contributed by atoms with E-state index in [2.05, 4.69) is 0 Å². The highest BCUT2D eigenvalue weighted by atomic mass is 19.3. The summed E-state index contributed by atoms with van der Waals surface area (Å²) in [6.45, 7) is 0.830. The number of hydrogen-bond acceptors (Lipinski definition) is 2. The summed E-state index contributed by atoms with van der Waals surface area (Å²) >= 11 is 0. The van der Waals surface area contributed by atoms with Crippen molar-refractivity contribution in [2.45, 2.75) is 18.9 Å². The average molecular weight is 259 g/mol. The Morgan fingerprint density at radius 1 is 1.44 bits per heavy atom. The Hall–Kier alpha value is -1.56. The van der Waals surface area contributed by atoms with E-state index in [-0.39, 0.29) is 11.1 Å². The number of aromatic carboxylic acids is 1. The summed E-state index contributed by atoms with van der Waals surface area (Å²) in [5.41, 5.74) is 0.0767. The van der Waals surface area contributed by atoms with Crippen molar-refractivity contribution in [1.82, 2.24) is 4.90 Å². The quantitative estimate of drug-likeness (QED) is 0.906. The highest BCUT2D eigenvalue weighted by Crippen LogP contribution is 2.35. The van der Waals surface area contributed by atoms with Gasteiger partial charge in [0.25, 0.3) is 5.92 Å². The second kappa shape index (κ2) is 4.28. The standard InChI is InChI=1S/C12H12F3NO2/c1-7(16-5-12(14,15)6-16)9-3-2-8(11(17)18)4-10(9)13/h2-4,7H,5-6H2,1H3,(H,17,18).